The third-order valence-electron chi connectivity index (χ3n) is 6.00. The smallest absolute Gasteiger partial charge is 0.282 e. The molecule has 0 spiro atoms. The molecule has 2 aromatic heterocycles. The van der Waals surface area contributed by atoms with Crippen molar-refractivity contribution in [1.82, 2.24) is 14.3 Å². The lowest BCUT2D eigenvalue weighted by molar-refractivity contribution is 0.0974. The number of nitrogens with zero attached hydrogens (tertiary/aromatic N) is 1. The summed E-state index contributed by atoms with van der Waals surface area (Å²) in [7, 11) is -4.38. The van der Waals surface area contributed by atoms with Gasteiger partial charge in [0.25, 0.3) is 21.5 Å². The fraction of sp³-hybridized carbons (Fsp3) is 0.0370. The topological polar surface area (TPSA) is 101 Å². The molecule has 2 N–H and O–H groups in total. The predicted molar refractivity (Wildman–Crippen MR) is 147 cm³/mol. The van der Waals surface area contributed by atoms with E-state index in [4.69, 9.17) is 11.6 Å². The van der Waals surface area contributed by atoms with Gasteiger partial charge in [-0.3, -0.25) is 9.59 Å². The van der Waals surface area contributed by atoms with Crippen LogP contribution in [0, 0.1) is 11.6 Å². The van der Waals surface area contributed by atoms with Crippen molar-refractivity contribution in [1.29, 1.82) is 0 Å². The molecule has 5 rings (SSSR count). The van der Waals surface area contributed by atoms with Crippen molar-refractivity contribution in [3.05, 3.63) is 122 Å². The number of rotatable bonds is 6. The fourth-order valence-corrected chi connectivity index (χ4v) is 6.04. The Morgan fingerprint density at radius 3 is 2.56 bits per heavy atom. The number of aromatic amines is 1. The minimum absolute atomic E-state index is 0.0493. The molecule has 0 aliphatic heterocycles. The van der Waals surface area contributed by atoms with E-state index in [1.807, 2.05) is 0 Å². The molecule has 0 fully saturated rings. The third-order valence-corrected chi connectivity index (χ3v) is 8.05. The van der Waals surface area contributed by atoms with Gasteiger partial charge in [-0.15, -0.1) is 0 Å². The molecule has 198 valence electrons. The maximum Gasteiger partial charge on any atom is 0.282 e. The van der Waals surface area contributed by atoms with Gasteiger partial charge in [0.15, 0.2) is 0 Å². The molecule has 7 nitrogen and oxygen atoms in total. The summed E-state index contributed by atoms with van der Waals surface area (Å²) in [5, 5.41) is 0.611. The van der Waals surface area contributed by atoms with Crippen LogP contribution in [0.1, 0.15) is 16.1 Å². The van der Waals surface area contributed by atoms with E-state index in [9.17, 15) is 26.8 Å². The highest BCUT2D eigenvalue weighted by atomic mass is 79.9. The van der Waals surface area contributed by atoms with Crippen molar-refractivity contribution in [3.63, 3.8) is 0 Å². The SMILES string of the molecule is O=C(NS(=O)(=O)c1cccc(Br)c1)c1c(-c2ccc[nH]c2=O)c2cc(Cl)ccc2n1Cc1cc(F)ccc1F. The monoisotopic (exact) mass is 631 g/mol. The number of aromatic nitrogens is 2. The second-order valence-corrected chi connectivity index (χ2v) is 11.5. The lowest BCUT2D eigenvalue weighted by Gasteiger charge is -2.14. The Balaban J connectivity index is 1.79. The van der Waals surface area contributed by atoms with Crippen molar-refractivity contribution in [3.8, 4) is 11.1 Å². The van der Waals surface area contributed by atoms with Gasteiger partial charge in [-0.25, -0.2) is 21.9 Å². The number of carbonyl (C=O) groups is 1. The molecule has 0 saturated carbocycles. The van der Waals surface area contributed by atoms with E-state index in [2.05, 4.69) is 25.6 Å². The number of H-pyrrole nitrogens is 1. The van der Waals surface area contributed by atoms with E-state index >= 15 is 0 Å². The third kappa shape index (κ3) is 5.25. The molecule has 39 heavy (non-hydrogen) atoms. The minimum Gasteiger partial charge on any atom is -0.331 e. The molecule has 0 atom stereocenters. The maximum absolute atomic E-state index is 14.7. The Hall–Kier alpha value is -3.80. The molecular weight excluding hydrogens is 616 g/mol. The van der Waals surface area contributed by atoms with Gasteiger partial charge in [0.05, 0.1) is 11.4 Å². The van der Waals surface area contributed by atoms with E-state index in [1.165, 1.54) is 53.2 Å². The molecule has 0 radical (unpaired) electrons. The molecule has 0 unspecified atom stereocenters. The first kappa shape index (κ1) is 26.8. The predicted octanol–water partition coefficient (Wildman–Crippen LogP) is 5.86. The quantitative estimate of drug-likeness (QED) is 0.245. The van der Waals surface area contributed by atoms with Crippen molar-refractivity contribution in [2.45, 2.75) is 11.4 Å². The second-order valence-electron chi connectivity index (χ2n) is 8.51. The molecule has 3 aromatic carbocycles. The first-order valence-electron chi connectivity index (χ1n) is 11.3. The first-order valence-corrected chi connectivity index (χ1v) is 14.0. The van der Waals surface area contributed by atoms with Crippen molar-refractivity contribution < 1.29 is 22.0 Å². The van der Waals surface area contributed by atoms with Crippen molar-refractivity contribution in [2.24, 2.45) is 0 Å². The summed E-state index contributed by atoms with van der Waals surface area (Å²) in [6, 6.07) is 16.2. The molecule has 5 aromatic rings. The van der Waals surface area contributed by atoms with Crippen molar-refractivity contribution in [2.75, 3.05) is 0 Å². The average Bonchev–Trinajstić information content (AvgIpc) is 3.19. The van der Waals surface area contributed by atoms with Crippen LogP contribution in [-0.4, -0.2) is 23.9 Å². The maximum atomic E-state index is 14.7. The minimum atomic E-state index is -4.38. The number of amides is 1. The van der Waals surface area contributed by atoms with Crippen LogP contribution in [0.25, 0.3) is 22.0 Å². The lowest BCUT2D eigenvalue weighted by Crippen LogP contribution is -2.33. The molecule has 12 heteroatoms. The number of halogens is 4. The largest absolute Gasteiger partial charge is 0.331 e. The number of benzene rings is 3. The van der Waals surface area contributed by atoms with Crippen LogP contribution < -0.4 is 10.3 Å². The van der Waals surface area contributed by atoms with Gasteiger partial charge in [0.1, 0.15) is 17.3 Å². The summed E-state index contributed by atoms with van der Waals surface area (Å²) in [5.74, 6) is -2.52. The average molecular weight is 633 g/mol. The Bertz CT molecular complexity index is 1940. The molecule has 0 bridgehead atoms. The number of hydrogen-bond donors (Lipinski definition) is 2. The zero-order valence-electron chi connectivity index (χ0n) is 19.7. The molecule has 0 saturated heterocycles. The van der Waals surface area contributed by atoms with Crippen LogP contribution in [0.4, 0.5) is 8.78 Å². The van der Waals surface area contributed by atoms with Gasteiger partial charge < -0.3 is 9.55 Å². The van der Waals surface area contributed by atoms with E-state index in [0.29, 0.717) is 15.4 Å². The molecule has 2 heterocycles. The van der Waals surface area contributed by atoms with E-state index in [1.54, 1.807) is 12.1 Å². The van der Waals surface area contributed by atoms with Crippen molar-refractivity contribution >= 4 is 54.4 Å². The van der Waals surface area contributed by atoms with Crippen LogP contribution in [0.3, 0.4) is 0 Å². The van der Waals surface area contributed by atoms with Crippen LogP contribution in [0.2, 0.25) is 5.02 Å². The number of pyridine rings is 1. The van der Waals surface area contributed by atoms with Gasteiger partial charge in [0.2, 0.25) is 0 Å². The van der Waals surface area contributed by atoms with Crippen LogP contribution in [-0.2, 0) is 16.6 Å². The highest BCUT2D eigenvalue weighted by Gasteiger charge is 2.29. The summed E-state index contributed by atoms with van der Waals surface area (Å²) in [4.78, 5) is 29.0. The zero-order valence-corrected chi connectivity index (χ0v) is 22.9. The Morgan fingerprint density at radius 2 is 1.82 bits per heavy atom. The Labute approximate surface area is 234 Å². The summed E-state index contributed by atoms with van der Waals surface area (Å²) in [6.07, 6.45) is 1.40. The van der Waals surface area contributed by atoms with Gasteiger partial charge >= 0.3 is 0 Å². The summed E-state index contributed by atoms with van der Waals surface area (Å²) in [5.41, 5.74) is -0.449. The number of sulfonamides is 1. The van der Waals surface area contributed by atoms with E-state index in [-0.39, 0.29) is 38.8 Å². The normalized spacial score (nSPS) is 11.6. The number of carbonyl (C=O) groups excluding carboxylic acids is 1. The Morgan fingerprint density at radius 1 is 1.03 bits per heavy atom. The second kappa shape index (κ2) is 10.4. The van der Waals surface area contributed by atoms with Gasteiger partial charge in [-0.05, 0) is 66.7 Å². The zero-order chi connectivity index (χ0) is 27.9. The first-order chi connectivity index (χ1) is 18.5. The molecule has 1 amide bonds. The van der Waals surface area contributed by atoms with E-state index in [0.717, 1.165) is 18.2 Å². The van der Waals surface area contributed by atoms with Crippen LogP contribution in [0.15, 0.2) is 93.2 Å². The molecule has 0 aliphatic rings. The number of hydrogen-bond acceptors (Lipinski definition) is 4. The van der Waals surface area contributed by atoms with Gasteiger partial charge in [-0.1, -0.05) is 33.6 Å². The van der Waals surface area contributed by atoms with Crippen LogP contribution in [0.5, 0.6) is 0 Å². The number of fused-ring (bicyclic) bond motifs is 1. The van der Waals surface area contributed by atoms with Crippen LogP contribution >= 0.6 is 27.5 Å². The van der Waals surface area contributed by atoms with Gasteiger partial charge in [-0.2, -0.15) is 0 Å². The summed E-state index contributed by atoms with van der Waals surface area (Å²) < 4.78 is 58.9. The fourth-order valence-electron chi connectivity index (χ4n) is 4.32. The summed E-state index contributed by atoms with van der Waals surface area (Å²) >= 11 is 9.47. The lowest BCUT2D eigenvalue weighted by atomic mass is 10.0. The highest BCUT2D eigenvalue weighted by Crippen LogP contribution is 2.36. The van der Waals surface area contributed by atoms with Gasteiger partial charge in [0, 0.05) is 43.3 Å². The highest BCUT2D eigenvalue weighted by molar-refractivity contribution is 9.10. The number of nitrogens with one attached hydrogen (secondary N) is 2. The van der Waals surface area contributed by atoms with E-state index < -0.39 is 33.1 Å². The molecule has 0 aliphatic carbocycles. The summed E-state index contributed by atoms with van der Waals surface area (Å²) in [6.45, 7) is -0.355. The Kier molecular flexibility index (Phi) is 7.15. The standard InChI is InChI=1S/C27H17BrClF2N3O4S/c28-16-3-1-4-19(12-16)39(37,38)33-27(36)25-24(20-5-2-10-32-26(20)35)21-13-17(29)6-9-23(21)34(25)14-15-11-18(30)7-8-22(15)31/h1-13H,14H2,(H,32,35)(H,33,36). The molecular formula is C27H17BrClF2N3O4S.